The van der Waals surface area contributed by atoms with E-state index in [1.165, 1.54) is 5.30 Å². The summed E-state index contributed by atoms with van der Waals surface area (Å²) < 4.78 is 5.80. The van der Waals surface area contributed by atoms with Crippen LogP contribution in [0.5, 0.6) is 5.75 Å². The van der Waals surface area contributed by atoms with Crippen molar-refractivity contribution in [2.75, 3.05) is 11.5 Å². The molecular weight excluding hydrogens is 381 g/mol. The molecule has 0 fully saturated rings. The Hall–Kier alpha value is 0.402. The zero-order valence-corrected chi connectivity index (χ0v) is 16.8. The third-order valence-electron chi connectivity index (χ3n) is 2.67. The molecule has 0 bridgehead atoms. The summed E-state index contributed by atoms with van der Waals surface area (Å²) in [7, 11) is 1.50. The molecule has 0 aliphatic rings. The maximum atomic E-state index is 5.23. The maximum absolute atomic E-state index is 5.23. The third kappa shape index (κ3) is 6.91. The van der Waals surface area contributed by atoms with E-state index in [-0.39, 0.29) is 7.92 Å². The van der Waals surface area contributed by atoms with Gasteiger partial charge < -0.3 is 4.74 Å². The first-order valence-corrected chi connectivity index (χ1v) is 9.57. The van der Waals surface area contributed by atoms with Crippen LogP contribution in [0.25, 0.3) is 0 Å². The van der Waals surface area contributed by atoms with Gasteiger partial charge in [0, 0.05) is 0 Å². The van der Waals surface area contributed by atoms with Gasteiger partial charge >= 0.3 is 35.2 Å². The molecule has 0 saturated carbocycles. The van der Waals surface area contributed by atoms with Crippen LogP contribution < -0.4 is 10.0 Å². The van der Waals surface area contributed by atoms with Crippen LogP contribution >= 0.6 is 19.5 Å². The second-order valence-electron chi connectivity index (χ2n) is 6.46. The molecule has 0 radical (unpaired) electrons. The SMILES string of the molecule is COc1ccc(P(C(C)(C)C)C(C)(C)C)cc1.Cl[CH2][Pd]. The molecule has 0 aromatic heterocycles. The summed E-state index contributed by atoms with van der Waals surface area (Å²) in [6, 6.07) is 8.59. The van der Waals surface area contributed by atoms with Gasteiger partial charge in [-0.25, -0.2) is 0 Å². The van der Waals surface area contributed by atoms with Gasteiger partial charge in [-0.05, 0) is 27.7 Å². The average Bonchev–Trinajstić information content (AvgIpc) is 2.27. The summed E-state index contributed by atoms with van der Waals surface area (Å²) in [6.45, 7) is 14.0. The van der Waals surface area contributed by atoms with Crippen molar-refractivity contribution < 1.29 is 23.9 Å². The molecule has 1 aromatic carbocycles. The number of halogens is 1. The second kappa shape index (κ2) is 8.75. The Morgan fingerprint density at radius 1 is 1.00 bits per heavy atom. The number of hydrogen-bond acceptors (Lipinski definition) is 1. The van der Waals surface area contributed by atoms with E-state index in [0.29, 0.717) is 14.7 Å². The fourth-order valence-corrected chi connectivity index (χ4v) is 6.52. The summed E-state index contributed by atoms with van der Waals surface area (Å²) in [5.74, 6) is 0.937. The number of ether oxygens (including phenoxy) is 1. The molecule has 0 N–H and O–H groups in total. The Morgan fingerprint density at radius 2 is 1.35 bits per heavy atom. The van der Waals surface area contributed by atoms with Crippen LogP contribution in [-0.4, -0.2) is 21.8 Å². The average molecular weight is 408 g/mol. The van der Waals surface area contributed by atoms with Gasteiger partial charge in [0.15, 0.2) is 0 Å². The van der Waals surface area contributed by atoms with Crippen molar-refractivity contribution in [2.24, 2.45) is 0 Å². The second-order valence-corrected chi connectivity index (χ2v) is 11.7. The van der Waals surface area contributed by atoms with Crippen molar-refractivity contribution in [1.82, 2.24) is 0 Å². The number of benzene rings is 1. The van der Waals surface area contributed by atoms with E-state index < -0.39 is 0 Å². The van der Waals surface area contributed by atoms with E-state index in [4.69, 9.17) is 16.3 Å². The number of methoxy groups -OCH3 is 1. The topological polar surface area (TPSA) is 9.23 Å². The number of rotatable bonds is 2. The Kier molecular flexibility index (Phi) is 8.93. The third-order valence-corrected chi connectivity index (χ3v) is 6.17. The molecule has 1 aromatic rings. The van der Waals surface area contributed by atoms with Crippen LogP contribution in [0, 0.1) is 0 Å². The summed E-state index contributed by atoms with van der Waals surface area (Å²) in [4.78, 5) is 0. The van der Waals surface area contributed by atoms with Crippen LogP contribution in [0.15, 0.2) is 24.3 Å². The molecule has 119 valence electrons. The summed E-state index contributed by atoms with van der Waals surface area (Å²) in [5.41, 5.74) is 0. The molecule has 0 spiro atoms. The van der Waals surface area contributed by atoms with E-state index >= 15 is 0 Å². The molecule has 0 atom stereocenters. The first-order valence-electron chi connectivity index (χ1n) is 6.60. The zero-order chi connectivity index (χ0) is 16.0. The predicted octanol–water partition coefficient (Wildman–Crippen LogP) is 5.13. The molecular formula is C16H27ClOPPd. The molecule has 0 unspecified atom stereocenters. The van der Waals surface area contributed by atoms with Crippen LogP contribution in [0.1, 0.15) is 41.5 Å². The van der Waals surface area contributed by atoms with Crippen LogP contribution in [0.3, 0.4) is 0 Å². The molecule has 0 aliphatic carbocycles. The van der Waals surface area contributed by atoms with Crippen LogP contribution in [-0.2, 0) is 19.2 Å². The quantitative estimate of drug-likeness (QED) is 0.375. The first-order chi connectivity index (χ1) is 9.07. The molecule has 0 aliphatic heterocycles. The molecule has 1 rings (SSSR count). The zero-order valence-electron chi connectivity index (χ0n) is 13.6. The van der Waals surface area contributed by atoms with Crippen LogP contribution in [0.4, 0.5) is 0 Å². The van der Waals surface area contributed by atoms with E-state index in [9.17, 15) is 0 Å². The van der Waals surface area contributed by atoms with Gasteiger partial charge in [0.1, 0.15) is 5.75 Å². The van der Waals surface area contributed by atoms with Crippen molar-refractivity contribution in [2.45, 2.75) is 51.9 Å². The van der Waals surface area contributed by atoms with Crippen molar-refractivity contribution in [3.63, 3.8) is 0 Å². The Bertz CT molecular complexity index is 365. The molecule has 1 nitrogen and oxygen atoms in total. The van der Waals surface area contributed by atoms with Gasteiger partial charge in [0.25, 0.3) is 0 Å². The van der Waals surface area contributed by atoms with E-state index in [1.54, 1.807) is 7.11 Å². The fraction of sp³-hybridized carbons (Fsp3) is 0.625. The van der Waals surface area contributed by atoms with E-state index in [0.717, 1.165) is 5.75 Å². The molecule has 4 heteroatoms. The molecule has 0 amide bonds. The minimum absolute atomic E-state index is 0.211. The Labute approximate surface area is 142 Å². The van der Waals surface area contributed by atoms with E-state index in [1.807, 2.05) is 0 Å². The van der Waals surface area contributed by atoms with Crippen LogP contribution in [0.2, 0.25) is 0 Å². The van der Waals surface area contributed by atoms with Gasteiger partial charge in [-0.3, -0.25) is 0 Å². The van der Waals surface area contributed by atoms with Gasteiger partial charge in [0.05, 0.1) is 7.11 Å². The van der Waals surface area contributed by atoms with Gasteiger partial charge in [-0.2, -0.15) is 0 Å². The van der Waals surface area contributed by atoms with Crippen molar-refractivity contribution in [3.8, 4) is 5.75 Å². The van der Waals surface area contributed by atoms with Crippen molar-refractivity contribution >= 4 is 24.8 Å². The molecule has 0 saturated heterocycles. The van der Waals surface area contributed by atoms with Gasteiger partial charge in [-0.1, -0.05) is 61.6 Å². The standard InChI is InChI=1S/C15H25OP.CH2Cl.Pd/c1-14(2,3)17(15(4,5)6)13-10-8-12(16-7)9-11-13;1-2;/h8-11H,1-7H3;1H2;. The van der Waals surface area contributed by atoms with Crippen molar-refractivity contribution in [3.05, 3.63) is 24.3 Å². The number of alkyl halides is 1. The summed E-state index contributed by atoms with van der Waals surface area (Å²) >= 11 is 7.64. The van der Waals surface area contributed by atoms with Gasteiger partial charge in [0.2, 0.25) is 0 Å². The van der Waals surface area contributed by atoms with Crippen molar-refractivity contribution in [1.29, 1.82) is 0 Å². The Balaban J connectivity index is 0.00000110. The first kappa shape index (κ1) is 20.4. The Morgan fingerprint density at radius 3 is 1.60 bits per heavy atom. The monoisotopic (exact) mass is 407 g/mol. The molecule has 20 heavy (non-hydrogen) atoms. The predicted molar refractivity (Wildman–Crippen MR) is 89.8 cm³/mol. The van der Waals surface area contributed by atoms with Gasteiger partial charge in [-0.15, -0.1) is 0 Å². The summed E-state index contributed by atoms with van der Waals surface area (Å²) in [6.07, 6.45) is 0. The number of hydrogen-bond donors (Lipinski definition) is 0. The van der Waals surface area contributed by atoms with E-state index in [2.05, 4.69) is 85.0 Å². The normalized spacial score (nSPS) is 11.9. The molecule has 0 heterocycles. The summed E-state index contributed by atoms with van der Waals surface area (Å²) in [5, 5.41) is 2.10. The fourth-order valence-electron chi connectivity index (χ4n) is 2.51. The minimum atomic E-state index is -0.211.